The number of primary amides is 1. The van der Waals surface area contributed by atoms with Crippen molar-refractivity contribution in [1.82, 2.24) is 4.98 Å². The fourth-order valence-electron chi connectivity index (χ4n) is 0.798. The molecule has 5 nitrogen and oxygen atoms in total. The standard InChI is InChI=1S/C8H11N3O2/c9-8(12)13-6-5-11-7-3-1-2-4-10-7/h1-4H,5-6H2,(H2,9,12)(H,10,11). The van der Waals surface area contributed by atoms with Gasteiger partial charge >= 0.3 is 6.09 Å². The van der Waals surface area contributed by atoms with Gasteiger partial charge in [0.15, 0.2) is 0 Å². The number of nitrogens with zero attached hydrogens (tertiary/aromatic N) is 1. The Hall–Kier alpha value is -1.78. The van der Waals surface area contributed by atoms with Gasteiger partial charge in [-0.05, 0) is 12.1 Å². The minimum absolute atomic E-state index is 0.242. The first-order chi connectivity index (χ1) is 6.29. The number of nitrogens with one attached hydrogen (secondary N) is 1. The highest BCUT2D eigenvalue weighted by Gasteiger charge is 1.93. The number of pyridine rings is 1. The van der Waals surface area contributed by atoms with Gasteiger partial charge in [0.05, 0.1) is 6.54 Å². The molecule has 0 spiro atoms. The normalized spacial score (nSPS) is 9.23. The molecule has 0 aromatic carbocycles. The molecule has 0 fully saturated rings. The van der Waals surface area contributed by atoms with Crippen LogP contribution in [0, 0.1) is 0 Å². The van der Waals surface area contributed by atoms with E-state index in [4.69, 9.17) is 5.73 Å². The summed E-state index contributed by atoms with van der Waals surface area (Å²) in [4.78, 5) is 14.2. The van der Waals surface area contributed by atoms with E-state index in [0.717, 1.165) is 5.82 Å². The topological polar surface area (TPSA) is 77.2 Å². The fraction of sp³-hybridized carbons (Fsp3) is 0.250. The van der Waals surface area contributed by atoms with E-state index in [1.165, 1.54) is 0 Å². The average molecular weight is 181 g/mol. The average Bonchev–Trinajstić information content (AvgIpc) is 2.14. The number of aromatic nitrogens is 1. The lowest BCUT2D eigenvalue weighted by Crippen LogP contribution is -2.18. The van der Waals surface area contributed by atoms with Crippen molar-refractivity contribution in [3.63, 3.8) is 0 Å². The van der Waals surface area contributed by atoms with Crippen molar-refractivity contribution in [3.05, 3.63) is 24.4 Å². The van der Waals surface area contributed by atoms with Gasteiger partial charge in [-0.1, -0.05) is 6.07 Å². The second-order valence-electron chi connectivity index (χ2n) is 2.31. The van der Waals surface area contributed by atoms with Crippen molar-refractivity contribution < 1.29 is 9.53 Å². The van der Waals surface area contributed by atoms with Crippen LogP contribution in [-0.2, 0) is 4.74 Å². The minimum Gasteiger partial charge on any atom is -0.448 e. The third-order valence-corrected chi connectivity index (χ3v) is 1.32. The summed E-state index contributed by atoms with van der Waals surface area (Å²) >= 11 is 0. The molecule has 0 aliphatic heterocycles. The molecular formula is C8H11N3O2. The van der Waals surface area contributed by atoms with Crippen molar-refractivity contribution in [2.24, 2.45) is 5.73 Å². The van der Waals surface area contributed by atoms with Gasteiger partial charge < -0.3 is 15.8 Å². The number of carbonyl (C=O) groups is 1. The van der Waals surface area contributed by atoms with Gasteiger partial charge in [-0.3, -0.25) is 0 Å². The summed E-state index contributed by atoms with van der Waals surface area (Å²) in [5.74, 6) is 0.746. The van der Waals surface area contributed by atoms with E-state index in [1.807, 2.05) is 18.2 Å². The zero-order valence-corrected chi connectivity index (χ0v) is 7.06. The van der Waals surface area contributed by atoms with Crippen LogP contribution in [0.3, 0.4) is 0 Å². The van der Waals surface area contributed by atoms with Gasteiger partial charge in [0.1, 0.15) is 12.4 Å². The van der Waals surface area contributed by atoms with Crippen molar-refractivity contribution in [3.8, 4) is 0 Å². The van der Waals surface area contributed by atoms with E-state index in [2.05, 4.69) is 15.0 Å². The molecule has 1 heterocycles. The highest BCUT2D eigenvalue weighted by atomic mass is 16.5. The molecule has 70 valence electrons. The summed E-state index contributed by atoms with van der Waals surface area (Å²) < 4.78 is 4.51. The lowest BCUT2D eigenvalue weighted by molar-refractivity contribution is 0.161. The molecule has 1 rings (SSSR count). The molecule has 0 atom stereocenters. The second-order valence-corrected chi connectivity index (χ2v) is 2.31. The van der Waals surface area contributed by atoms with Crippen LogP contribution in [0.4, 0.5) is 10.6 Å². The van der Waals surface area contributed by atoms with E-state index in [9.17, 15) is 4.79 Å². The Morgan fingerprint density at radius 3 is 3.08 bits per heavy atom. The third-order valence-electron chi connectivity index (χ3n) is 1.32. The van der Waals surface area contributed by atoms with Crippen LogP contribution in [0.5, 0.6) is 0 Å². The first kappa shape index (κ1) is 9.31. The number of ether oxygens (including phenoxy) is 1. The molecule has 1 amide bonds. The summed E-state index contributed by atoms with van der Waals surface area (Å²) in [6.07, 6.45) is 0.917. The molecule has 13 heavy (non-hydrogen) atoms. The molecule has 5 heteroatoms. The SMILES string of the molecule is NC(=O)OCCNc1ccccn1. The molecular weight excluding hydrogens is 170 g/mol. The predicted molar refractivity (Wildman–Crippen MR) is 48.3 cm³/mol. The van der Waals surface area contributed by atoms with Crippen LogP contribution in [0.25, 0.3) is 0 Å². The number of hydrogen-bond acceptors (Lipinski definition) is 4. The highest BCUT2D eigenvalue weighted by Crippen LogP contribution is 1.97. The molecule has 0 aliphatic carbocycles. The Kier molecular flexibility index (Phi) is 3.56. The van der Waals surface area contributed by atoms with E-state index in [0.29, 0.717) is 6.54 Å². The Labute approximate surface area is 75.9 Å². The van der Waals surface area contributed by atoms with Crippen LogP contribution in [0.15, 0.2) is 24.4 Å². The van der Waals surface area contributed by atoms with E-state index in [1.54, 1.807) is 6.20 Å². The highest BCUT2D eigenvalue weighted by molar-refractivity contribution is 5.64. The Morgan fingerprint density at radius 1 is 1.62 bits per heavy atom. The maximum absolute atomic E-state index is 10.2. The maximum atomic E-state index is 10.2. The van der Waals surface area contributed by atoms with Gasteiger partial charge in [0.25, 0.3) is 0 Å². The second kappa shape index (κ2) is 4.97. The number of rotatable bonds is 4. The summed E-state index contributed by atoms with van der Waals surface area (Å²) in [5.41, 5.74) is 4.77. The van der Waals surface area contributed by atoms with Gasteiger partial charge in [0, 0.05) is 6.20 Å². The zero-order valence-electron chi connectivity index (χ0n) is 7.06. The number of nitrogens with two attached hydrogens (primary N) is 1. The van der Waals surface area contributed by atoms with Crippen LogP contribution in [0.1, 0.15) is 0 Å². The quantitative estimate of drug-likeness (QED) is 0.666. The largest absolute Gasteiger partial charge is 0.448 e. The lowest BCUT2D eigenvalue weighted by Gasteiger charge is -2.04. The van der Waals surface area contributed by atoms with Gasteiger partial charge in [-0.2, -0.15) is 0 Å². The van der Waals surface area contributed by atoms with E-state index < -0.39 is 6.09 Å². The summed E-state index contributed by atoms with van der Waals surface area (Å²) in [7, 11) is 0. The van der Waals surface area contributed by atoms with Gasteiger partial charge in [-0.25, -0.2) is 9.78 Å². The summed E-state index contributed by atoms with van der Waals surface area (Å²) in [6, 6.07) is 5.51. The van der Waals surface area contributed by atoms with Crippen LogP contribution in [0.2, 0.25) is 0 Å². The van der Waals surface area contributed by atoms with Crippen molar-refractivity contribution in [2.75, 3.05) is 18.5 Å². The van der Waals surface area contributed by atoms with E-state index in [-0.39, 0.29) is 6.61 Å². The fourth-order valence-corrected chi connectivity index (χ4v) is 0.798. The number of hydrogen-bond donors (Lipinski definition) is 2. The molecule has 0 unspecified atom stereocenters. The number of anilines is 1. The van der Waals surface area contributed by atoms with Gasteiger partial charge in [-0.15, -0.1) is 0 Å². The smallest absolute Gasteiger partial charge is 0.404 e. The number of amides is 1. The van der Waals surface area contributed by atoms with Crippen LogP contribution >= 0.6 is 0 Å². The first-order valence-corrected chi connectivity index (χ1v) is 3.86. The van der Waals surface area contributed by atoms with Crippen LogP contribution in [-0.4, -0.2) is 24.2 Å². The molecule has 0 saturated carbocycles. The predicted octanol–water partition coefficient (Wildman–Crippen LogP) is 0.589. The molecule has 1 aromatic heterocycles. The maximum Gasteiger partial charge on any atom is 0.404 e. The minimum atomic E-state index is -0.761. The van der Waals surface area contributed by atoms with E-state index >= 15 is 0 Å². The Morgan fingerprint density at radius 2 is 2.46 bits per heavy atom. The molecule has 0 saturated heterocycles. The molecule has 3 N–H and O–H groups in total. The Bertz CT molecular complexity index is 263. The lowest BCUT2D eigenvalue weighted by atomic mass is 10.4. The first-order valence-electron chi connectivity index (χ1n) is 3.86. The molecule has 0 aliphatic rings. The molecule has 0 radical (unpaired) electrons. The van der Waals surface area contributed by atoms with Crippen molar-refractivity contribution in [1.29, 1.82) is 0 Å². The Balaban J connectivity index is 2.17. The van der Waals surface area contributed by atoms with Gasteiger partial charge in [0.2, 0.25) is 0 Å². The third kappa shape index (κ3) is 3.95. The van der Waals surface area contributed by atoms with Crippen LogP contribution < -0.4 is 11.1 Å². The number of carbonyl (C=O) groups excluding carboxylic acids is 1. The van der Waals surface area contributed by atoms with Crippen molar-refractivity contribution in [2.45, 2.75) is 0 Å². The molecule has 0 bridgehead atoms. The van der Waals surface area contributed by atoms with Crippen molar-refractivity contribution >= 4 is 11.9 Å². The molecule has 1 aromatic rings. The summed E-state index contributed by atoms with van der Waals surface area (Å²) in [6.45, 7) is 0.742. The monoisotopic (exact) mass is 181 g/mol. The zero-order chi connectivity index (χ0) is 9.52. The summed E-state index contributed by atoms with van der Waals surface area (Å²) in [5, 5.41) is 2.96.